The van der Waals surface area contributed by atoms with Gasteiger partial charge in [0.25, 0.3) is 0 Å². The maximum absolute atomic E-state index is 14.0. The molecule has 0 saturated carbocycles. The van der Waals surface area contributed by atoms with Crippen molar-refractivity contribution in [2.75, 3.05) is 6.54 Å². The lowest BCUT2D eigenvalue weighted by Crippen LogP contribution is -2.23. The first-order chi connectivity index (χ1) is 9.04. The average molecular weight is 265 g/mol. The smallest absolute Gasteiger partial charge is 0.163 e. The van der Waals surface area contributed by atoms with E-state index >= 15 is 0 Å². The molecule has 0 aliphatic heterocycles. The molecule has 19 heavy (non-hydrogen) atoms. The SMILES string of the molecule is CCNC(c1cc(C)oc1C)c1cccc(F)c1F. The highest BCUT2D eigenvalue weighted by molar-refractivity contribution is 5.35. The van der Waals surface area contributed by atoms with Crippen molar-refractivity contribution in [3.05, 3.63) is 58.5 Å². The van der Waals surface area contributed by atoms with Gasteiger partial charge in [-0.25, -0.2) is 8.78 Å². The second-order valence-electron chi connectivity index (χ2n) is 4.50. The summed E-state index contributed by atoms with van der Waals surface area (Å²) in [5.74, 6) is -0.177. The summed E-state index contributed by atoms with van der Waals surface area (Å²) in [6.07, 6.45) is 0. The highest BCUT2D eigenvalue weighted by atomic mass is 19.2. The van der Waals surface area contributed by atoms with Crippen LogP contribution in [0.2, 0.25) is 0 Å². The first-order valence-corrected chi connectivity index (χ1v) is 6.28. The third-order valence-electron chi connectivity index (χ3n) is 3.09. The van der Waals surface area contributed by atoms with Crippen molar-refractivity contribution in [3.63, 3.8) is 0 Å². The average Bonchev–Trinajstić information content (AvgIpc) is 2.69. The van der Waals surface area contributed by atoms with Gasteiger partial charge in [-0.2, -0.15) is 0 Å². The van der Waals surface area contributed by atoms with Gasteiger partial charge in [0.1, 0.15) is 11.5 Å². The predicted molar refractivity (Wildman–Crippen MR) is 70.1 cm³/mol. The van der Waals surface area contributed by atoms with Crippen molar-refractivity contribution in [1.82, 2.24) is 5.32 Å². The number of furan rings is 1. The summed E-state index contributed by atoms with van der Waals surface area (Å²) in [6, 6.07) is 5.68. The van der Waals surface area contributed by atoms with Crippen LogP contribution in [-0.4, -0.2) is 6.54 Å². The normalized spacial score (nSPS) is 12.7. The molecule has 2 rings (SSSR count). The minimum absolute atomic E-state index is 0.297. The molecule has 1 aromatic heterocycles. The van der Waals surface area contributed by atoms with Crippen LogP contribution in [0.5, 0.6) is 0 Å². The molecule has 4 heteroatoms. The Bertz CT molecular complexity index is 578. The van der Waals surface area contributed by atoms with Gasteiger partial charge in [-0.3, -0.25) is 0 Å². The summed E-state index contributed by atoms with van der Waals surface area (Å²) in [7, 11) is 0. The molecule has 0 aliphatic carbocycles. The first-order valence-electron chi connectivity index (χ1n) is 6.28. The molecule has 0 aliphatic rings. The molecule has 1 heterocycles. The number of aryl methyl sites for hydroxylation is 2. The van der Waals surface area contributed by atoms with Crippen molar-refractivity contribution in [2.45, 2.75) is 26.8 Å². The van der Waals surface area contributed by atoms with E-state index in [9.17, 15) is 8.78 Å². The van der Waals surface area contributed by atoms with Crippen molar-refractivity contribution >= 4 is 0 Å². The highest BCUT2D eigenvalue weighted by Gasteiger charge is 2.22. The van der Waals surface area contributed by atoms with E-state index in [-0.39, 0.29) is 0 Å². The molecule has 1 N–H and O–H groups in total. The quantitative estimate of drug-likeness (QED) is 0.907. The van der Waals surface area contributed by atoms with Crippen LogP contribution in [0.4, 0.5) is 8.78 Å². The zero-order valence-corrected chi connectivity index (χ0v) is 11.3. The van der Waals surface area contributed by atoms with Crippen molar-refractivity contribution in [1.29, 1.82) is 0 Å². The molecule has 2 aromatic rings. The lowest BCUT2D eigenvalue weighted by atomic mass is 9.98. The zero-order valence-electron chi connectivity index (χ0n) is 11.3. The van der Waals surface area contributed by atoms with E-state index in [1.54, 1.807) is 6.07 Å². The van der Waals surface area contributed by atoms with Crippen LogP contribution in [0.1, 0.15) is 35.6 Å². The van der Waals surface area contributed by atoms with Crippen molar-refractivity contribution < 1.29 is 13.2 Å². The molecule has 102 valence electrons. The van der Waals surface area contributed by atoms with Gasteiger partial charge in [-0.05, 0) is 32.5 Å². The van der Waals surface area contributed by atoms with Gasteiger partial charge in [0, 0.05) is 11.1 Å². The number of benzene rings is 1. The fraction of sp³-hybridized carbons (Fsp3) is 0.333. The molecule has 2 nitrogen and oxygen atoms in total. The lowest BCUT2D eigenvalue weighted by molar-refractivity contribution is 0.474. The van der Waals surface area contributed by atoms with Gasteiger partial charge in [0.2, 0.25) is 0 Å². The topological polar surface area (TPSA) is 25.2 Å². The summed E-state index contributed by atoms with van der Waals surface area (Å²) < 4.78 is 32.8. The minimum atomic E-state index is -0.835. The van der Waals surface area contributed by atoms with Crippen LogP contribution in [-0.2, 0) is 0 Å². The Morgan fingerprint density at radius 1 is 1.21 bits per heavy atom. The number of hydrogen-bond acceptors (Lipinski definition) is 2. The molecule has 0 saturated heterocycles. The first kappa shape index (κ1) is 13.7. The van der Waals surface area contributed by atoms with E-state index in [0.717, 1.165) is 17.4 Å². The van der Waals surface area contributed by atoms with Crippen LogP contribution < -0.4 is 5.32 Å². The van der Waals surface area contributed by atoms with Gasteiger partial charge in [-0.1, -0.05) is 19.1 Å². The Hall–Kier alpha value is -1.68. The van der Waals surface area contributed by atoms with E-state index < -0.39 is 17.7 Å². The summed E-state index contributed by atoms with van der Waals surface area (Å²) in [5.41, 5.74) is 1.13. The summed E-state index contributed by atoms with van der Waals surface area (Å²) in [4.78, 5) is 0. The molecule has 0 spiro atoms. The monoisotopic (exact) mass is 265 g/mol. The van der Waals surface area contributed by atoms with Gasteiger partial charge < -0.3 is 9.73 Å². The van der Waals surface area contributed by atoms with Gasteiger partial charge in [0.15, 0.2) is 11.6 Å². The molecular weight excluding hydrogens is 248 g/mol. The van der Waals surface area contributed by atoms with Gasteiger partial charge in [0.05, 0.1) is 6.04 Å². The Balaban J connectivity index is 2.51. The van der Waals surface area contributed by atoms with E-state index in [4.69, 9.17) is 4.42 Å². The molecular formula is C15H17F2NO. The van der Waals surface area contributed by atoms with E-state index in [2.05, 4.69) is 5.32 Å². The van der Waals surface area contributed by atoms with Crippen LogP contribution in [0, 0.1) is 25.5 Å². The Kier molecular flexibility index (Phi) is 4.00. The van der Waals surface area contributed by atoms with Crippen LogP contribution in [0.15, 0.2) is 28.7 Å². The number of halogens is 2. The van der Waals surface area contributed by atoms with Gasteiger partial charge >= 0.3 is 0 Å². The Morgan fingerprint density at radius 3 is 2.53 bits per heavy atom. The number of hydrogen-bond donors (Lipinski definition) is 1. The van der Waals surface area contributed by atoms with Crippen LogP contribution in [0.3, 0.4) is 0 Å². The fourth-order valence-corrected chi connectivity index (χ4v) is 2.27. The molecule has 1 aromatic carbocycles. The van der Waals surface area contributed by atoms with Crippen LogP contribution >= 0.6 is 0 Å². The largest absolute Gasteiger partial charge is 0.466 e. The number of nitrogens with one attached hydrogen (secondary N) is 1. The molecule has 0 fully saturated rings. The molecule has 1 unspecified atom stereocenters. The summed E-state index contributed by atoms with van der Waals surface area (Å²) in [5, 5.41) is 3.17. The minimum Gasteiger partial charge on any atom is -0.466 e. The molecule has 0 bridgehead atoms. The molecule has 1 atom stereocenters. The van der Waals surface area contributed by atoms with Crippen molar-refractivity contribution in [3.8, 4) is 0 Å². The second-order valence-corrected chi connectivity index (χ2v) is 4.50. The maximum Gasteiger partial charge on any atom is 0.163 e. The highest BCUT2D eigenvalue weighted by Crippen LogP contribution is 2.29. The van der Waals surface area contributed by atoms with Crippen molar-refractivity contribution in [2.24, 2.45) is 0 Å². The standard InChI is InChI=1S/C15H17F2NO/c1-4-18-15(12-8-9(2)19-10(12)3)11-6-5-7-13(16)14(11)17/h5-8,15,18H,4H2,1-3H3. The van der Waals surface area contributed by atoms with E-state index in [0.29, 0.717) is 17.9 Å². The Morgan fingerprint density at radius 2 is 1.95 bits per heavy atom. The second kappa shape index (κ2) is 5.53. The maximum atomic E-state index is 14.0. The van der Waals surface area contributed by atoms with E-state index in [1.165, 1.54) is 6.07 Å². The van der Waals surface area contributed by atoms with Crippen LogP contribution in [0.25, 0.3) is 0 Å². The predicted octanol–water partition coefficient (Wildman–Crippen LogP) is 3.87. The Labute approximate surface area is 111 Å². The molecule has 0 radical (unpaired) electrons. The summed E-state index contributed by atoms with van der Waals surface area (Å²) >= 11 is 0. The summed E-state index contributed by atoms with van der Waals surface area (Å²) in [6.45, 7) is 6.22. The third kappa shape index (κ3) is 2.68. The fourth-order valence-electron chi connectivity index (χ4n) is 2.27. The third-order valence-corrected chi connectivity index (χ3v) is 3.09. The number of rotatable bonds is 4. The van der Waals surface area contributed by atoms with Gasteiger partial charge in [-0.15, -0.1) is 0 Å². The molecule has 0 amide bonds. The lowest BCUT2D eigenvalue weighted by Gasteiger charge is -2.18. The zero-order chi connectivity index (χ0) is 14.0. The van der Waals surface area contributed by atoms with E-state index in [1.807, 2.05) is 26.8 Å².